The molecule has 1 aromatic heterocycles. The Morgan fingerprint density at radius 2 is 2.10 bits per heavy atom. The minimum absolute atomic E-state index is 0.108. The third kappa shape index (κ3) is 4.83. The van der Waals surface area contributed by atoms with E-state index in [0.717, 1.165) is 5.56 Å². The van der Waals surface area contributed by atoms with Gasteiger partial charge >= 0.3 is 0 Å². The van der Waals surface area contributed by atoms with Gasteiger partial charge in [-0.1, -0.05) is 36.0 Å². The molecule has 0 spiro atoms. The van der Waals surface area contributed by atoms with Crippen LogP contribution in [0, 0.1) is 12.7 Å². The minimum atomic E-state index is -0.359. The van der Waals surface area contributed by atoms with Gasteiger partial charge in [0.05, 0.1) is 18.4 Å². The predicted molar refractivity (Wildman–Crippen MR) is 113 cm³/mol. The molecule has 0 saturated heterocycles. The van der Waals surface area contributed by atoms with Crippen molar-refractivity contribution < 1.29 is 13.9 Å². The quantitative estimate of drug-likeness (QED) is 0.441. The van der Waals surface area contributed by atoms with Crippen LogP contribution >= 0.6 is 11.8 Å². The molecular formula is C21H21FN4O2S. The summed E-state index contributed by atoms with van der Waals surface area (Å²) < 4.78 is 20.9. The fourth-order valence-electron chi connectivity index (χ4n) is 2.72. The van der Waals surface area contributed by atoms with Crippen LogP contribution in [-0.2, 0) is 11.3 Å². The number of thioether (sulfide) groups is 1. The predicted octanol–water partition coefficient (Wildman–Crippen LogP) is 4.32. The number of carbonyl (C=O) groups excluding carboxylic acids is 1. The molecule has 150 valence electrons. The number of methoxy groups -OCH3 is 1. The summed E-state index contributed by atoms with van der Waals surface area (Å²) in [7, 11) is 1.60. The van der Waals surface area contributed by atoms with Crippen LogP contribution in [0.3, 0.4) is 0 Å². The second-order valence-corrected chi connectivity index (χ2v) is 7.15. The SMILES string of the molecule is C=CCn1c(SCC(=O)Nc2ccc(C)c(F)c2)nnc1-c1ccccc1OC. The van der Waals surface area contributed by atoms with Crippen molar-refractivity contribution >= 4 is 23.4 Å². The Balaban J connectivity index is 1.75. The Kier molecular flexibility index (Phi) is 6.66. The number of halogens is 1. The van der Waals surface area contributed by atoms with Crippen LogP contribution in [0.4, 0.5) is 10.1 Å². The highest BCUT2D eigenvalue weighted by Gasteiger charge is 2.17. The van der Waals surface area contributed by atoms with Crippen molar-refractivity contribution in [1.29, 1.82) is 0 Å². The van der Waals surface area contributed by atoms with E-state index in [1.165, 1.54) is 17.8 Å². The van der Waals surface area contributed by atoms with Crippen LogP contribution in [-0.4, -0.2) is 33.5 Å². The molecule has 6 nitrogen and oxygen atoms in total. The molecule has 0 aliphatic heterocycles. The Labute approximate surface area is 172 Å². The van der Waals surface area contributed by atoms with Crippen molar-refractivity contribution in [3.8, 4) is 17.1 Å². The molecule has 8 heteroatoms. The molecule has 3 aromatic rings. The number of aryl methyl sites for hydroxylation is 1. The molecule has 0 fully saturated rings. The molecule has 0 unspecified atom stereocenters. The zero-order valence-corrected chi connectivity index (χ0v) is 17.0. The van der Waals surface area contributed by atoms with Crippen LogP contribution in [0.25, 0.3) is 11.4 Å². The molecule has 0 aliphatic rings. The number of nitrogens with zero attached hydrogens (tertiary/aromatic N) is 3. The Bertz CT molecular complexity index is 1040. The summed E-state index contributed by atoms with van der Waals surface area (Å²) >= 11 is 1.25. The molecule has 0 aliphatic carbocycles. The number of benzene rings is 2. The summed E-state index contributed by atoms with van der Waals surface area (Å²) in [5, 5.41) is 11.8. The van der Waals surface area contributed by atoms with Crippen molar-refractivity contribution in [2.75, 3.05) is 18.2 Å². The van der Waals surface area contributed by atoms with Crippen LogP contribution in [0.2, 0.25) is 0 Å². The third-order valence-electron chi connectivity index (χ3n) is 4.16. The fourth-order valence-corrected chi connectivity index (χ4v) is 3.46. The first-order valence-corrected chi connectivity index (χ1v) is 9.88. The van der Waals surface area contributed by atoms with Crippen molar-refractivity contribution in [2.45, 2.75) is 18.6 Å². The maximum atomic E-state index is 13.6. The Hall–Kier alpha value is -3.13. The van der Waals surface area contributed by atoms with E-state index in [2.05, 4.69) is 22.1 Å². The van der Waals surface area contributed by atoms with Gasteiger partial charge in [-0.3, -0.25) is 9.36 Å². The zero-order chi connectivity index (χ0) is 20.8. The summed E-state index contributed by atoms with van der Waals surface area (Å²) in [6, 6.07) is 12.1. The van der Waals surface area contributed by atoms with E-state index in [9.17, 15) is 9.18 Å². The molecule has 1 N–H and O–H groups in total. The van der Waals surface area contributed by atoms with Gasteiger partial charge in [-0.2, -0.15) is 0 Å². The lowest BCUT2D eigenvalue weighted by molar-refractivity contribution is -0.113. The minimum Gasteiger partial charge on any atom is -0.496 e. The van der Waals surface area contributed by atoms with Crippen molar-refractivity contribution in [3.05, 3.63) is 66.5 Å². The summed E-state index contributed by atoms with van der Waals surface area (Å²) in [6.45, 7) is 5.94. The average molecular weight is 412 g/mol. The molecule has 1 heterocycles. The number of allylic oxidation sites excluding steroid dienone is 1. The van der Waals surface area contributed by atoms with Gasteiger partial charge in [0.1, 0.15) is 11.6 Å². The number of hydrogen-bond acceptors (Lipinski definition) is 5. The highest BCUT2D eigenvalue weighted by Crippen LogP contribution is 2.31. The molecule has 0 saturated carbocycles. The third-order valence-corrected chi connectivity index (χ3v) is 5.13. The Morgan fingerprint density at radius 3 is 2.83 bits per heavy atom. The largest absolute Gasteiger partial charge is 0.496 e. The van der Waals surface area contributed by atoms with E-state index in [0.29, 0.717) is 34.5 Å². The van der Waals surface area contributed by atoms with Gasteiger partial charge in [-0.15, -0.1) is 16.8 Å². The van der Waals surface area contributed by atoms with E-state index in [1.54, 1.807) is 32.2 Å². The lowest BCUT2D eigenvalue weighted by Crippen LogP contribution is -2.15. The van der Waals surface area contributed by atoms with Crippen LogP contribution < -0.4 is 10.1 Å². The van der Waals surface area contributed by atoms with Gasteiger partial charge in [0, 0.05) is 12.2 Å². The number of hydrogen-bond donors (Lipinski definition) is 1. The number of rotatable bonds is 8. The van der Waals surface area contributed by atoms with Crippen LogP contribution in [0.1, 0.15) is 5.56 Å². The molecule has 0 bridgehead atoms. The van der Waals surface area contributed by atoms with E-state index >= 15 is 0 Å². The molecule has 2 aromatic carbocycles. The van der Waals surface area contributed by atoms with Gasteiger partial charge in [0.25, 0.3) is 0 Å². The number of para-hydroxylation sites is 1. The number of carbonyl (C=O) groups is 1. The van der Waals surface area contributed by atoms with Gasteiger partial charge < -0.3 is 10.1 Å². The van der Waals surface area contributed by atoms with E-state index in [-0.39, 0.29) is 17.5 Å². The van der Waals surface area contributed by atoms with E-state index in [4.69, 9.17) is 4.74 Å². The second-order valence-electron chi connectivity index (χ2n) is 6.21. The highest BCUT2D eigenvalue weighted by atomic mass is 32.2. The second kappa shape index (κ2) is 9.38. The number of anilines is 1. The summed E-state index contributed by atoms with van der Waals surface area (Å²) in [4.78, 5) is 12.3. The lowest BCUT2D eigenvalue weighted by Gasteiger charge is -2.10. The van der Waals surface area contributed by atoms with Gasteiger partial charge in [0.15, 0.2) is 11.0 Å². The highest BCUT2D eigenvalue weighted by molar-refractivity contribution is 7.99. The fraction of sp³-hybridized carbons (Fsp3) is 0.190. The number of ether oxygens (including phenoxy) is 1. The lowest BCUT2D eigenvalue weighted by atomic mass is 10.2. The maximum Gasteiger partial charge on any atom is 0.234 e. The van der Waals surface area contributed by atoms with Crippen LogP contribution in [0.15, 0.2) is 60.3 Å². The number of nitrogens with one attached hydrogen (secondary N) is 1. The average Bonchev–Trinajstić information content (AvgIpc) is 3.12. The molecule has 3 rings (SSSR count). The van der Waals surface area contributed by atoms with Crippen LogP contribution in [0.5, 0.6) is 5.75 Å². The smallest absolute Gasteiger partial charge is 0.234 e. The number of aromatic nitrogens is 3. The summed E-state index contributed by atoms with van der Waals surface area (Å²) in [5.41, 5.74) is 1.75. The normalized spacial score (nSPS) is 10.6. The topological polar surface area (TPSA) is 69.0 Å². The maximum absolute atomic E-state index is 13.6. The molecule has 0 atom stereocenters. The summed E-state index contributed by atoms with van der Waals surface area (Å²) in [5.74, 6) is 0.802. The standard InChI is InChI=1S/C21H21FN4O2S/c1-4-11-26-20(16-7-5-6-8-18(16)28-3)24-25-21(26)29-13-19(27)23-15-10-9-14(2)17(22)12-15/h4-10,12H,1,11,13H2,2-3H3,(H,23,27). The van der Waals surface area contributed by atoms with Crippen molar-refractivity contribution in [3.63, 3.8) is 0 Å². The first-order valence-electron chi connectivity index (χ1n) is 8.89. The van der Waals surface area contributed by atoms with Gasteiger partial charge in [0.2, 0.25) is 5.91 Å². The molecular weight excluding hydrogens is 391 g/mol. The monoisotopic (exact) mass is 412 g/mol. The van der Waals surface area contributed by atoms with Gasteiger partial charge in [-0.05, 0) is 36.8 Å². The van der Waals surface area contributed by atoms with Gasteiger partial charge in [-0.25, -0.2) is 4.39 Å². The first kappa shape index (κ1) is 20.6. The molecule has 0 radical (unpaired) electrons. The molecule has 1 amide bonds. The number of amides is 1. The van der Waals surface area contributed by atoms with E-state index < -0.39 is 0 Å². The van der Waals surface area contributed by atoms with E-state index in [1.807, 2.05) is 28.8 Å². The van der Waals surface area contributed by atoms with Crippen molar-refractivity contribution in [1.82, 2.24) is 14.8 Å². The Morgan fingerprint density at radius 1 is 1.31 bits per heavy atom. The zero-order valence-electron chi connectivity index (χ0n) is 16.2. The summed E-state index contributed by atoms with van der Waals surface area (Å²) in [6.07, 6.45) is 1.74. The van der Waals surface area contributed by atoms with Crippen molar-refractivity contribution in [2.24, 2.45) is 0 Å². The first-order chi connectivity index (χ1) is 14.0. The molecule has 29 heavy (non-hydrogen) atoms.